The van der Waals surface area contributed by atoms with Gasteiger partial charge in [-0.15, -0.1) is 0 Å². The number of halogens is 1. The first-order valence-electron chi connectivity index (χ1n) is 4.70. The number of nitrogens with zero attached hydrogens (tertiary/aromatic N) is 2. The van der Waals surface area contributed by atoms with Crippen LogP contribution in [-0.2, 0) is 6.54 Å². The van der Waals surface area contributed by atoms with Gasteiger partial charge in [-0.2, -0.15) is 0 Å². The molecule has 0 amide bonds. The Labute approximate surface area is 95.0 Å². The Morgan fingerprint density at radius 3 is 2.82 bits per heavy atom. The van der Waals surface area contributed by atoms with Crippen molar-refractivity contribution in [3.8, 4) is 11.5 Å². The number of hydrogen-bond acceptors (Lipinski definition) is 5. The van der Waals surface area contributed by atoms with E-state index in [2.05, 4.69) is 4.98 Å². The normalized spacial score (nSPS) is 10.5. The second-order valence-electron chi connectivity index (χ2n) is 3.30. The average Bonchev–Trinajstić information content (AvgIpc) is 2.76. The first kappa shape index (κ1) is 11.2. The Balaban J connectivity index is 2.47. The highest BCUT2D eigenvalue weighted by atomic mass is 19.1. The number of hydrogen-bond donors (Lipinski definition) is 1. The van der Waals surface area contributed by atoms with Gasteiger partial charge in [0.05, 0.1) is 16.7 Å². The molecule has 0 radical (unpaired) electrons. The lowest BCUT2D eigenvalue weighted by Gasteiger charge is -1.97. The summed E-state index contributed by atoms with van der Waals surface area (Å²) in [5.74, 6) is -0.616. The molecule has 6 nitrogen and oxygen atoms in total. The quantitative estimate of drug-likeness (QED) is 0.649. The number of nitrogens with two attached hydrogens (primary N) is 1. The number of benzene rings is 1. The van der Waals surface area contributed by atoms with E-state index in [0.29, 0.717) is 5.69 Å². The van der Waals surface area contributed by atoms with Crippen molar-refractivity contribution in [3.63, 3.8) is 0 Å². The van der Waals surface area contributed by atoms with Crippen LogP contribution in [0, 0.1) is 15.9 Å². The Kier molecular flexibility index (Phi) is 2.84. The van der Waals surface area contributed by atoms with Gasteiger partial charge in [-0.3, -0.25) is 10.1 Å². The van der Waals surface area contributed by atoms with E-state index in [-0.39, 0.29) is 23.7 Å². The molecule has 1 aromatic carbocycles. The van der Waals surface area contributed by atoms with Crippen molar-refractivity contribution >= 4 is 5.69 Å². The van der Waals surface area contributed by atoms with E-state index in [1.165, 1.54) is 12.3 Å². The standard InChI is InChI=1S/C10H8FN3O3/c11-7-1-6(2-9(3-7)14(15)16)10-13-8(4-12)5-17-10/h1-3,5H,4,12H2. The molecule has 0 aliphatic rings. The Hall–Kier alpha value is -2.28. The van der Waals surface area contributed by atoms with E-state index >= 15 is 0 Å². The van der Waals surface area contributed by atoms with Crippen molar-refractivity contribution in [1.82, 2.24) is 4.98 Å². The van der Waals surface area contributed by atoms with E-state index in [9.17, 15) is 14.5 Å². The lowest BCUT2D eigenvalue weighted by Crippen LogP contribution is -1.96. The van der Waals surface area contributed by atoms with Crippen molar-refractivity contribution in [2.45, 2.75) is 6.54 Å². The first-order valence-corrected chi connectivity index (χ1v) is 4.70. The molecule has 0 saturated heterocycles. The summed E-state index contributed by atoms with van der Waals surface area (Å²) in [4.78, 5) is 13.8. The van der Waals surface area contributed by atoms with Crippen molar-refractivity contribution in [2.75, 3.05) is 0 Å². The van der Waals surface area contributed by atoms with Crippen LogP contribution in [0.4, 0.5) is 10.1 Å². The molecule has 0 aliphatic carbocycles. The average molecular weight is 237 g/mol. The number of nitro groups is 1. The summed E-state index contributed by atoms with van der Waals surface area (Å²) in [6.45, 7) is 0.181. The monoisotopic (exact) mass is 237 g/mol. The lowest BCUT2D eigenvalue weighted by molar-refractivity contribution is -0.385. The van der Waals surface area contributed by atoms with Gasteiger partial charge in [-0.25, -0.2) is 9.37 Å². The Bertz CT molecular complexity index is 568. The second kappa shape index (κ2) is 4.30. The smallest absolute Gasteiger partial charge is 0.273 e. The molecule has 17 heavy (non-hydrogen) atoms. The highest BCUT2D eigenvalue weighted by Crippen LogP contribution is 2.24. The molecule has 0 spiro atoms. The number of non-ortho nitro benzene ring substituents is 1. The minimum absolute atomic E-state index is 0.105. The van der Waals surface area contributed by atoms with Crippen molar-refractivity contribution in [2.24, 2.45) is 5.73 Å². The van der Waals surface area contributed by atoms with Crippen LogP contribution >= 0.6 is 0 Å². The van der Waals surface area contributed by atoms with Crippen molar-refractivity contribution in [3.05, 3.63) is 46.1 Å². The zero-order chi connectivity index (χ0) is 12.4. The summed E-state index contributed by atoms with van der Waals surface area (Å²) >= 11 is 0. The van der Waals surface area contributed by atoms with Crippen LogP contribution in [0.2, 0.25) is 0 Å². The third kappa shape index (κ3) is 2.28. The molecule has 1 aromatic heterocycles. The van der Waals surface area contributed by atoms with E-state index < -0.39 is 10.7 Å². The van der Waals surface area contributed by atoms with Gasteiger partial charge < -0.3 is 10.2 Å². The summed E-state index contributed by atoms with van der Waals surface area (Å²) in [6.07, 6.45) is 1.33. The predicted octanol–water partition coefficient (Wildman–Crippen LogP) is 1.85. The van der Waals surface area contributed by atoms with E-state index in [0.717, 1.165) is 12.1 Å². The molecule has 2 rings (SSSR count). The molecular weight excluding hydrogens is 229 g/mol. The summed E-state index contributed by atoms with van der Waals surface area (Å²) in [5.41, 5.74) is 5.69. The van der Waals surface area contributed by atoms with Crippen LogP contribution in [0.15, 0.2) is 28.9 Å². The van der Waals surface area contributed by atoms with E-state index in [1.54, 1.807) is 0 Å². The molecule has 88 valence electrons. The summed E-state index contributed by atoms with van der Waals surface area (Å²) in [7, 11) is 0. The van der Waals surface area contributed by atoms with Crippen LogP contribution in [-0.4, -0.2) is 9.91 Å². The van der Waals surface area contributed by atoms with Gasteiger partial charge in [0.1, 0.15) is 12.1 Å². The molecule has 0 bridgehead atoms. The maximum atomic E-state index is 13.2. The van der Waals surface area contributed by atoms with Gasteiger partial charge >= 0.3 is 0 Å². The number of nitro benzene ring substituents is 1. The van der Waals surface area contributed by atoms with Crippen LogP contribution in [0.5, 0.6) is 0 Å². The Morgan fingerprint density at radius 1 is 1.47 bits per heavy atom. The van der Waals surface area contributed by atoms with Crippen LogP contribution in [0.3, 0.4) is 0 Å². The summed E-state index contributed by atoms with van der Waals surface area (Å²) in [6, 6.07) is 3.13. The molecule has 0 unspecified atom stereocenters. The highest BCUT2D eigenvalue weighted by Gasteiger charge is 2.14. The van der Waals surface area contributed by atoms with Gasteiger partial charge in [-0.1, -0.05) is 0 Å². The van der Waals surface area contributed by atoms with Crippen LogP contribution in [0.25, 0.3) is 11.5 Å². The summed E-state index contributed by atoms with van der Waals surface area (Å²) in [5, 5.41) is 10.6. The van der Waals surface area contributed by atoms with Crippen LogP contribution in [0.1, 0.15) is 5.69 Å². The number of aromatic nitrogens is 1. The topological polar surface area (TPSA) is 95.2 Å². The number of oxazole rings is 1. The van der Waals surface area contributed by atoms with Gasteiger partial charge in [-0.05, 0) is 6.07 Å². The Morgan fingerprint density at radius 2 is 2.24 bits per heavy atom. The van der Waals surface area contributed by atoms with Gasteiger partial charge in [0, 0.05) is 18.2 Å². The fraction of sp³-hybridized carbons (Fsp3) is 0.100. The lowest BCUT2D eigenvalue weighted by atomic mass is 10.2. The largest absolute Gasteiger partial charge is 0.444 e. The summed E-state index contributed by atoms with van der Waals surface area (Å²) < 4.78 is 18.2. The maximum Gasteiger partial charge on any atom is 0.273 e. The zero-order valence-electron chi connectivity index (χ0n) is 8.59. The molecule has 7 heteroatoms. The molecule has 2 N–H and O–H groups in total. The maximum absolute atomic E-state index is 13.2. The fourth-order valence-electron chi connectivity index (χ4n) is 1.34. The van der Waals surface area contributed by atoms with E-state index in [4.69, 9.17) is 10.2 Å². The fourth-order valence-corrected chi connectivity index (χ4v) is 1.34. The zero-order valence-corrected chi connectivity index (χ0v) is 8.59. The molecule has 1 heterocycles. The molecule has 2 aromatic rings. The molecular formula is C10H8FN3O3. The molecule has 0 fully saturated rings. The SMILES string of the molecule is NCc1coc(-c2cc(F)cc([N+](=O)[O-])c2)n1. The highest BCUT2D eigenvalue weighted by molar-refractivity contribution is 5.58. The minimum atomic E-state index is -0.721. The molecule has 0 saturated carbocycles. The van der Waals surface area contributed by atoms with Gasteiger partial charge in [0.2, 0.25) is 5.89 Å². The third-order valence-corrected chi connectivity index (χ3v) is 2.10. The van der Waals surface area contributed by atoms with Gasteiger partial charge in [0.15, 0.2) is 0 Å². The van der Waals surface area contributed by atoms with Gasteiger partial charge in [0.25, 0.3) is 5.69 Å². The van der Waals surface area contributed by atoms with Crippen molar-refractivity contribution in [1.29, 1.82) is 0 Å². The minimum Gasteiger partial charge on any atom is -0.444 e. The first-order chi connectivity index (χ1) is 8.10. The van der Waals surface area contributed by atoms with Crippen molar-refractivity contribution < 1.29 is 13.7 Å². The molecule has 0 aliphatic heterocycles. The van der Waals surface area contributed by atoms with E-state index in [1.807, 2.05) is 0 Å². The number of rotatable bonds is 3. The van der Waals surface area contributed by atoms with Crippen LogP contribution < -0.4 is 5.73 Å². The third-order valence-electron chi connectivity index (χ3n) is 2.10. The molecule has 0 atom stereocenters. The second-order valence-corrected chi connectivity index (χ2v) is 3.30. The predicted molar refractivity (Wildman–Crippen MR) is 56.4 cm³/mol.